The molecule has 26 heavy (non-hydrogen) atoms. The molecule has 0 spiro atoms. The van der Waals surface area contributed by atoms with Crippen LogP contribution in [0.4, 0.5) is 5.69 Å². The Balaban J connectivity index is 1.40. The minimum atomic E-state index is -0.648. The third-order valence-corrected chi connectivity index (χ3v) is 6.30. The number of rotatable bonds is 2. The van der Waals surface area contributed by atoms with Crippen molar-refractivity contribution < 1.29 is 9.59 Å². The maximum Gasteiger partial charge on any atom is 0.313 e. The second-order valence-electron chi connectivity index (χ2n) is 8.03. The molecule has 0 aliphatic heterocycles. The van der Waals surface area contributed by atoms with Crippen molar-refractivity contribution in [1.82, 2.24) is 10.3 Å². The van der Waals surface area contributed by atoms with Gasteiger partial charge in [0.15, 0.2) is 0 Å². The zero-order valence-electron chi connectivity index (χ0n) is 15.1. The van der Waals surface area contributed by atoms with Crippen molar-refractivity contribution in [3.8, 4) is 0 Å². The number of nitrogens with zero attached hydrogens (tertiary/aromatic N) is 1. The van der Waals surface area contributed by atoms with E-state index >= 15 is 0 Å². The van der Waals surface area contributed by atoms with Crippen LogP contribution in [0.3, 0.4) is 0 Å². The number of fused-ring (bicyclic) bond motifs is 3. The summed E-state index contributed by atoms with van der Waals surface area (Å²) in [5, 5.41) is 7.48. The standard InChI is InChI=1S/C21H23N3O2/c1-12-17-9-15(21(17,2)3)10-18(12)24-20(26)19(25)23-16-5-4-14-11-22-7-6-13(14)8-16/h4-8,11,15,17-18H,1,9-10H2,2-3H3,(H,23,25)(H,24,26)/t15-,17+,18?/m1/s1. The number of carbonyl (C=O) groups excluding carboxylic acids is 2. The van der Waals surface area contributed by atoms with Gasteiger partial charge in [0.25, 0.3) is 0 Å². The zero-order chi connectivity index (χ0) is 18.5. The molecule has 3 fully saturated rings. The molecule has 2 aromatic rings. The molecule has 134 valence electrons. The molecule has 5 nitrogen and oxygen atoms in total. The van der Waals surface area contributed by atoms with Crippen LogP contribution in [-0.2, 0) is 9.59 Å². The predicted octanol–water partition coefficient (Wildman–Crippen LogP) is 3.28. The Morgan fingerprint density at radius 1 is 1.15 bits per heavy atom. The van der Waals surface area contributed by atoms with Crippen molar-refractivity contribution >= 4 is 28.3 Å². The van der Waals surface area contributed by atoms with Crippen LogP contribution in [-0.4, -0.2) is 22.8 Å². The molecule has 5 rings (SSSR count). The topological polar surface area (TPSA) is 71.1 Å². The highest BCUT2D eigenvalue weighted by Gasteiger charge is 2.55. The van der Waals surface area contributed by atoms with Crippen molar-refractivity contribution in [3.63, 3.8) is 0 Å². The first-order valence-electron chi connectivity index (χ1n) is 9.00. The summed E-state index contributed by atoms with van der Waals surface area (Å²) in [6, 6.07) is 7.23. The Kier molecular flexibility index (Phi) is 3.83. The molecular weight excluding hydrogens is 326 g/mol. The number of pyridine rings is 1. The quantitative estimate of drug-likeness (QED) is 0.646. The van der Waals surface area contributed by atoms with Gasteiger partial charge in [0.05, 0.1) is 6.04 Å². The van der Waals surface area contributed by atoms with E-state index in [4.69, 9.17) is 0 Å². The van der Waals surface area contributed by atoms with Gasteiger partial charge in [0.1, 0.15) is 0 Å². The molecule has 2 N–H and O–H groups in total. The number of benzene rings is 1. The highest BCUT2D eigenvalue weighted by Crippen LogP contribution is 2.60. The fourth-order valence-electron chi connectivity index (χ4n) is 4.45. The number of anilines is 1. The minimum absolute atomic E-state index is 0.104. The van der Waals surface area contributed by atoms with E-state index < -0.39 is 11.8 Å². The van der Waals surface area contributed by atoms with Gasteiger partial charge in [0, 0.05) is 23.5 Å². The normalized spacial score (nSPS) is 26.1. The van der Waals surface area contributed by atoms with Crippen molar-refractivity contribution in [3.05, 3.63) is 48.8 Å². The number of aromatic nitrogens is 1. The number of hydrogen-bond donors (Lipinski definition) is 2. The molecule has 2 amide bonds. The van der Waals surface area contributed by atoms with E-state index in [1.807, 2.05) is 18.2 Å². The van der Waals surface area contributed by atoms with Gasteiger partial charge in [-0.25, -0.2) is 0 Å². The van der Waals surface area contributed by atoms with Gasteiger partial charge >= 0.3 is 11.8 Å². The highest BCUT2D eigenvalue weighted by atomic mass is 16.2. The van der Waals surface area contributed by atoms with Crippen molar-refractivity contribution in [2.24, 2.45) is 17.3 Å². The molecule has 5 heteroatoms. The van der Waals surface area contributed by atoms with E-state index in [0.29, 0.717) is 17.5 Å². The minimum Gasteiger partial charge on any atom is -0.341 e. The molecule has 1 heterocycles. The second-order valence-corrected chi connectivity index (χ2v) is 8.03. The number of amides is 2. The average molecular weight is 349 g/mol. The predicted molar refractivity (Wildman–Crippen MR) is 101 cm³/mol. The third kappa shape index (κ3) is 2.68. The van der Waals surface area contributed by atoms with E-state index in [2.05, 4.69) is 36.0 Å². The monoisotopic (exact) mass is 349 g/mol. The summed E-state index contributed by atoms with van der Waals surface area (Å²) in [5.41, 5.74) is 1.91. The van der Waals surface area contributed by atoms with E-state index in [9.17, 15) is 9.59 Å². The summed E-state index contributed by atoms with van der Waals surface area (Å²) in [6.45, 7) is 8.71. The lowest BCUT2D eigenvalue weighted by atomic mass is 9.46. The molecule has 1 aromatic carbocycles. The van der Waals surface area contributed by atoms with Gasteiger partial charge in [0.2, 0.25) is 0 Å². The summed E-state index contributed by atoms with van der Waals surface area (Å²) >= 11 is 0. The zero-order valence-corrected chi connectivity index (χ0v) is 15.1. The Hall–Kier alpha value is -2.69. The lowest BCUT2D eigenvalue weighted by Gasteiger charge is -2.59. The van der Waals surface area contributed by atoms with E-state index in [1.54, 1.807) is 18.5 Å². The van der Waals surface area contributed by atoms with Gasteiger partial charge in [-0.1, -0.05) is 32.1 Å². The maximum absolute atomic E-state index is 12.3. The van der Waals surface area contributed by atoms with Crippen LogP contribution in [0.15, 0.2) is 48.8 Å². The van der Waals surface area contributed by atoms with Crippen LogP contribution in [0.5, 0.6) is 0 Å². The summed E-state index contributed by atoms with van der Waals surface area (Å²) in [5.74, 6) is -0.237. The number of carbonyl (C=O) groups is 2. The lowest BCUT2D eigenvalue weighted by molar-refractivity contribution is -0.137. The fraction of sp³-hybridized carbons (Fsp3) is 0.381. The average Bonchev–Trinajstić information content (AvgIpc) is 2.62. The Morgan fingerprint density at radius 2 is 1.96 bits per heavy atom. The van der Waals surface area contributed by atoms with E-state index in [0.717, 1.165) is 29.2 Å². The lowest BCUT2D eigenvalue weighted by Crippen LogP contribution is -2.58. The van der Waals surface area contributed by atoms with Crippen molar-refractivity contribution in [1.29, 1.82) is 0 Å². The third-order valence-electron chi connectivity index (χ3n) is 6.30. The summed E-state index contributed by atoms with van der Waals surface area (Å²) in [6.07, 6.45) is 5.47. The fourth-order valence-corrected chi connectivity index (χ4v) is 4.45. The largest absolute Gasteiger partial charge is 0.341 e. The summed E-state index contributed by atoms with van der Waals surface area (Å²) < 4.78 is 0. The van der Waals surface area contributed by atoms with E-state index in [1.165, 1.54) is 0 Å². The van der Waals surface area contributed by atoms with Gasteiger partial charge < -0.3 is 10.6 Å². The first-order chi connectivity index (χ1) is 12.4. The Bertz CT molecular complexity index is 918. The van der Waals surface area contributed by atoms with Crippen LogP contribution >= 0.6 is 0 Å². The molecule has 1 aromatic heterocycles. The van der Waals surface area contributed by atoms with Gasteiger partial charge in [-0.2, -0.15) is 0 Å². The molecule has 1 unspecified atom stereocenters. The molecule has 2 bridgehead atoms. The van der Waals surface area contributed by atoms with Crippen molar-refractivity contribution in [2.75, 3.05) is 5.32 Å². The maximum atomic E-state index is 12.3. The Labute approximate surface area is 152 Å². The number of nitrogens with one attached hydrogen (secondary N) is 2. The molecule has 3 aliphatic rings. The second kappa shape index (κ2) is 5.94. The number of hydrogen-bond acceptors (Lipinski definition) is 3. The van der Waals surface area contributed by atoms with Crippen LogP contribution in [0.25, 0.3) is 10.8 Å². The molecule has 3 atom stereocenters. The summed E-state index contributed by atoms with van der Waals surface area (Å²) in [7, 11) is 0. The van der Waals surface area contributed by atoms with Crippen LogP contribution in [0.2, 0.25) is 0 Å². The van der Waals surface area contributed by atoms with Gasteiger partial charge in [-0.15, -0.1) is 0 Å². The van der Waals surface area contributed by atoms with Crippen LogP contribution in [0, 0.1) is 17.3 Å². The first kappa shape index (κ1) is 16.8. The highest BCUT2D eigenvalue weighted by molar-refractivity contribution is 6.39. The molecular formula is C21H23N3O2. The summed E-state index contributed by atoms with van der Waals surface area (Å²) in [4.78, 5) is 28.7. The van der Waals surface area contributed by atoms with E-state index in [-0.39, 0.29) is 11.5 Å². The molecule has 0 saturated heterocycles. The van der Waals surface area contributed by atoms with Gasteiger partial charge in [-0.05, 0) is 53.7 Å². The van der Waals surface area contributed by atoms with Crippen molar-refractivity contribution in [2.45, 2.75) is 32.7 Å². The smallest absolute Gasteiger partial charge is 0.313 e. The molecule has 0 radical (unpaired) electrons. The molecule has 3 saturated carbocycles. The SMILES string of the molecule is C=C1C(NC(=O)C(=O)Nc2ccc3cnccc3c2)C[C@H]2C[C@@H]1C2(C)C. The van der Waals surface area contributed by atoms with Crippen LogP contribution in [0.1, 0.15) is 26.7 Å². The first-order valence-corrected chi connectivity index (χ1v) is 9.00. The van der Waals surface area contributed by atoms with Gasteiger partial charge in [-0.3, -0.25) is 14.6 Å². The molecule has 3 aliphatic carbocycles. The van der Waals surface area contributed by atoms with Crippen LogP contribution < -0.4 is 10.6 Å². The Morgan fingerprint density at radius 3 is 2.69 bits per heavy atom.